The van der Waals surface area contributed by atoms with Crippen LogP contribution in [0.3, 0.4) is 0 Å². The molecule has 0 radical (unpaired) electrons. The first-order valence-electron chi connectivity index (χ1n) is 14.8. The van der Waals surface area contributed by atoms with Gasteiger partial charge in [-0.05, 0) is 16.7 Å². The molecule has 1 aromatic heterocycles. The average Bonchev–Trinajstić information content (AvgIpc) is 3.47. The van der Waals surface area contributed by atoms with Crippen LogP contribution in [0.25, 0.3) is 0 Å². The van der Waals surface area contributed by atoms with Crippen LogP contribution in [0, 0.1) is 0 Å². The number of thioether (sulfide) groups is 2. The number of oxime groups is 1. The Morgan fingerprint density at radius 1 is 1.00 bits per heavy atom. The Morgan fingerprint density at radius 2 is 1.55 bits per heavy atom. The van der Waals surface area contributed by atoms with Gasteiger partial charge in [0.1, 0.15) is 39.8 Å². The Hall–Kier alpha value is -4.63. The first kappa shape index (κ1) is 34.2. The van der Waals surface area contributed by atoms with E-state index >= 15 is 0 Å². The van der Waals surface area contributed by atoms with Gasteiger partial charge in [0.25, 0.3) is 11.8 Å². The van der Waals surface area contributed by atoms with Crippen LogP contribution in [-0.4, -0.2) is 67.9 Å². The van der Waals surface area contributed by atoms with Crippen molar-refractivity contribution in [1.29, 1.82) is 0 Å². The van der Waals surface area contributed by atoms with E-state index in [0.717, 1.165) is 44.7 Å². The number of β-lactam (4-membered cyclic amide) rings is 1. The molecule has 3 heterocycles. The number of anilines is 1. The molecule has 0 saturated carbocycles. The number of hydrogen-bond acceptors (Lipinski definition) is 11. The van der Waals surface area contributed by atoms with E-state index in [9.17, 15) is 24.3 Å². The molecular weight excluding hydrogens is 706 g/mol. The van der Waals surface area contributed by atoms with Crippen LogP contribution in [0.15, 0.2) is 107 Å². The first-order chi connectivity index (χ1) is 23.6. The molecule has 49 heavy (non-hydrogen) atoms. The lowest BCUT2D eigenvalue weighted by Crippen LogP contribution is -2.71. The topological polar surface area (TPSA) is 150 Å². The van der Waals surface area contributed by atoms with Crippen molar-refractivity contribution in [3.63, 3.8) is 0 Å². The summed E-state index contributed by atoms with van der Waals surface area (Å²) in [7, 11) is 1.27. The molecule has 15 heteroatoms. The number of aliphatic carboxylic acids is 1. The summed E-state index contributed by atoms with van der Waals surface area (Å²) in [5, 5.41) is 19.4. The molecule has 11 nitrogen and oxygen atoms in total. The standard InChI is InChI=1S/C34H28ClN5O6S3/c1-19(41)48-23-18-47-31-26(30(43)40(31)27(23)32(44)45)36-29(42)25(39-46-2)24-28(35)49-33(37-24)38-34(20-12-6-3-7-13-20,21-14-8-4-9-15-21)22-16-10-5-11-17-22/h3-17,26,31H,18H2,1-2H3,(H,36,42)(H,37,38)(H,44,45). The van der Waals surface area contributed by atoms with Gasteiger partial charge in [-0.15, -0.1) is 11.8 Å². The van der Waals surface area contributed by atoms with Crippen LogP contribution in [0.4, 0.5) is 5.13 Å². The lowest BCUT2D eigenvalue weighted by Gasteiger charge is -2.49. The zero-order valence-corrected chi connectivity index (χ0v) is 29.2. The minimum absolute atomic E-state index is 0.0304. The number of fused-ring (bicyclic) bond motifs is 1. The van der Waals surface area contributed by atoms with Crippen molar-refractivity contribution in [2.24, 2.45) is 5.16 Å². The quantitative estimate of drug-likeness (QED) is 0.0778. The van der Waals surface area contributed by atoms with Gasteiger partial charge in [-0.2, -0.15) is 0 Å². The molecule has 1 fully saturated rings. The number of carboxylic acid groups (broad SMARTS) is 1. The van der Waals surface area contributed by atoms with Crippen molar-refractivity contribution in [3.8, 4) is 0 Å². The van der Waals surface area contributed by atoms with E-state index in [1.54, 1.807) is 0 Å². The summed E-state index contributed by atoms with van der Waals surface area (Å²) in [6, 6.07) is 28.6. The maximum absolute atomic E-state index is 13.7. The Kier molecular flexibility index (Phi) is 10.1. The zero-order valence-electron chi connectivity index (χ0n) is 26.0. The molecule has 2 aliphatic rings. The summed E-state index contributed by atoms with van der Waals surface area (Å²) in [5.41, 5.74) is 1.38. The van der Waals surface area contributed by atoms with Crippen LogP contribution in [0.2, 0.25) is 4.34 Å². The predicted octanol–water partition coefficient (Wildman–Crippen LogP) is 5.53. The molecule has 2 amide bonds. The fourth-order valence-corrected chi connectivity index (χ4v) is 9.14. The average molecular weight is 734 g/mol. The van der Waals surface area contributed by atoms with E-state index < -0.39 is 34.7 Å². The molecule has 0 bridgehead atoms. The van der Waals surface area contributed by atoms with Crippen LogP contribution in [0.5, 0.6) is 0 Å². The zero-order chi connectivity index (χ0) is 34.7. The molecule has 4 aromatic rings. The van der Waals surface area contributed by atoms with Crippen molar-refractivity contribution >= 4 is 80.2 Å². The lowest BCUT2D eigenvalue weighted by atomic mass is 9.77. The van der Waals surface area contributed by atoms with Crippen LogP contribution < -0.4 is 10.6 Å². The number of carbonyl (C=O) groups excluding carboxylic acids is 3. The van der Waals surface area contributed by atoms with Crippen molar-refractivity contribution in [1.82, 2.24) is 15.2 Å². The summed E-state index contributed by atoms with van der Waals surface area (Å²) in [6.45, 7) is 1.32. The number of thiazole rings is 1. The fourth-order valence-electron chi connectivity index (χ4n) is 5.78. The van der Waals surface area contributed by atoms with Crippen LogP contribution >= 0.6 is 46.5 Å². The smallest absolute Gasteiger partial charge is 0.353 e. The Balaban J connectivity index is 1.32. The van der Waals surface area contributed by atoms with E-state index in [0.29, 0.717) is 5.13 Å². The van der Waals surface area contributed by atoms with E-state index in [4.69, 9.17) is 21.4 Å². The van der Waals surface area contributed by atoms with E-state index in [1.165, 1.54) is 25.8 Å². The van der Waals surface area contributed by atoms with Crippen molar-refractivity contribution in [2.45, 2.75) is 23.9 Å². The van der Waals surface area contributed by atoms with Crippen molar-refractivity contribution in [2.75, 3.05) is 18.2 Å². The maximum Gasteiger partial charge on any atom is 0.353 e. The molecule has 2 aliphatic heterocycles. The van der Waals surface area contributed by atoms with Gasteiger partial charge in [0, 0.05) is 17.6 Å². The summed E-state index contributed by atoms with van der Waals surface area (Å²) in [5.74, 6) is -2.57. The second-order valence-electron chi connectivity index (χ2n) is 10.8. The number of carboxylic acids is 1. The number of hydrogen-bond donors (Lipinski definition) is 3. The Morgan fingerprint density at radius 3 is 2.04 bits per heavy atom. The highest BCUT2D eigenvalue weighted by molar-refractivity contribution is 8.17. The number of aromatic nitrogens is 1. The molecule has 3 aromatic carbocycles. The highest BCUT2D eigenvalue weighted by Crippen LogP contribution is 2.44. The third-order valence-electron chi connectivity index (χ3n) is 7.81. The Labute approximate surface area is 298 Å². The predicted molar refractivity (Wildman–Crippen MR) is 191 cm³/mol. The highest BCUT2D eigenvalue weighted by Gasteiger charge is 2.55. The number of amides is 2. The maximum atomic E-state index is 13.7. The van der Waals surface area contributed by atoms with E-state index in [1.807, 2.05) is 91.0 Å². The number of benzene rings is 3. The van der Waals surface area contributed by atoms with Gasteiger partial charge in [-0.1, -0.05) is 131 Å². The van der Waals surface area contributed by atoms with Gasteiger partial charge in [-0.25, -0.2) is 9.78 Å². The van der Waals surface area contributed by atoms with E-state index in [-0.39, 0.29) is 37.2 Å². The normalized spacial score (nSPS) is 17.6. The number of nitrogens with zero attached hydrogens (tertiary/aromatic N) is 3. The number of rotatable bonds is 11. The van der Waals surface area contributed by atoms with Crippen LogP contribution in [-0.2, 0) is 29.6 Å². The summed E-state index contributed by atoms with van der Waals surface area (Å²) < 4.78 is 0.145. The molecule has 2 atom stereocenters. The molecule has 2 unspecified atom stereocenters. The first-order valence-corrected chi connectivity index (χ1v) is 17.8. The van der Waals surface area contributed by atoms with Gasteiger partial charge < -0.3 is 20.6 Å². The number of carbonyl (C=O) groups is 4. The van der Waals surface area contributed by atoms with Gasteiger partial charge in [-0.3, -0.25) is 19.3 Å². The van der Waals surface area contributed by atoms with Gasteiger partial charge in [0.2, 0.25) is 0 Å². The van der Waals surface area contributed by atoms with Crippen LogP contribution in [0.1, 0.15) is 29.3 Å². The molecule has 250 valence electrons. The lowest BCUT2D eigenvalue weighted by molar-refractivity contribution is -0.150. The minimum Gasteiger partial charge on any atom is -0.477 e. The second-order valence-corrected chi connectivity index (χ2v) is 14.7. The van der Waals surface area contributed by atoms with Crippen molar-refractivity contribution < 1.29 is 29.1 Å². The molecule has 0 aliphatic carbocycles. The van der Waals surface area contributed by atoms with Gasteiger partial charge in [0.15, 0.2) is 16.0 Å². The van der Waals surface area contributed by atoms with Gasteiger partial charge >= 0.3 is 5.97 Å². The summed E-state index contributed by atoms with van der Waals surface area (Å²) in [4.78, 5) is 61.8. The van der Waals surface area contributed by atoms with Crippen molar-refractivity contribution in [3.05, 3.63) is 128 Å². The SMILES string of the molecule is CON=C(C(=O)NC1C(=O)N2C(C(=O)O)=C(SC(C)=O)CSC12)c1nc(NC(c2ccccc2)(c2ccccc2)c2ccccc2)sc1Cl. The monoisotopic (exact) mass is 733 g/mol. The highest BCUT2D eigenvalue weighted by atomic mass is 35.5. The third-order valence-corrected chi connectivity index (χ3v) is 11.3. The minimum atomic E-state index is -1.33. The summed E-state index contributed by atoms with van der Waals surface area (Å²) in [6.07, 6.45) is 0. The molecular formula is C34H28ClN5O6S3. The van der Waals surface area contributed by atoms with E-state index in [2.05, 4.69) is 15.8 Å². The summed E-state index contributed by atoms with van der Waals surface area (Å²) >= 11 is 9.87. The second kappa shape index (κ2) is 14.5. The van der Waals surface area contributed by atoms with Gasteiger partial charge in [0.05, 0.1) is 0 Å². The molecule has 6 rings (SSSR count). The number of halogens is 1. The number of nitrogens with one attached hydrogen (secondary N) is 2. The Bertz CT molecular complexity index is 1880. The molecule has 3 N–H and O–H groups in total. The molecule has 0 spiro atoms. The molecule has 1 saturated heterocycles. The third kappa shape index (κ3) is 6.56. The largest absolute Gasteiger partial charge is 0.477 e. The fraction of sp³-hybridized carbons (Fsp3) is 0.176.